The molecule has 24 heavy (non-hydrogen) atoms. The average Bonchev–Trinajstić information content (AvgIpc) is 2.46. The van der Waals surface area contributed by atoms with Crippen LogP contribution in [0.15, 0.2) is 0 Å². The average molecular weight is 496 g/mol. The third-order valence-electron chi connectivity index (χ3n) is 2.61. The molecule has 2 radical (unpaired) electrons. The maximum absolute atomic E-state index is 3.76. The SMILES string of the molecule is C.C.CC.CC.[CH2-]CN(C[CH2-])C(C)C.[CH2-]CN(C[CH2-])C(C)C.[Y].[Y]. The van der Waals surface area contributed by atoms with Crippen molar-refractivity contribution in [1.29, 1.82) is 0 Å². The Balaban J connectivity index is -0.0000000258. The van der Waals surface area contributed by atoms with Crippen LogP contribution in [0, 0.1) is 27.7 Å². The molecule has 0 N–H and O–H groups in total. The van der Waals surface area contributed by atoms with E-state index in [1.54, 1.807) is 0 Å². The predicted molar refractivity (Wildman–Crippen MR) is 111 cm³/mol. The second-order valence-electron chi connectivity index (χ2n) is 4.26. The van der Waals surface area contributed by atoms with Crippen molar-refractivity contribution in [2.45, 2.75) is 82.3 Å². The molecule has 4 heteroatoms. The van der Waals surface area contributed by atoms with Crippen LogP contribution in [-0.2, 0) is 65.4 Å². The molecular weight excluding hydrogens is 446 g/mol. The Morgan fingerprint density at radius 2 is 0.667 bits per heavy atom. The molecule has 0 aliphatic carbocycles. The summed E-state index contributed by atoms with van der Waals surface area (Å²) in [6.45, 7) is 35.1. The van der Waals surface area contributed by atoms with Gasteiger partial charge in [-0.15, -0.1) is 26.2 Å². The van der Waals surface area contributed by atoms with Gasteiger partial charge in [-0.3, -0.25) is 0 Å². The summed E-state index contributed by atoms with van der Waals surface area (Å²) >= 11 is 0. The number of rotatable bonds is 6. The Kier molecular flexibility index (Phi) is 93.1. The van der Waals surface area contributed by atoms with Crippen LogP contribution < -0.4 is 0 Å². The zero-order valence-corrected chi connectivity index (χ0v) is 22.5. The molecule has 0 aromatic rings. The number of hydrogen-bond donors (Lipinski definition) is 0. The molecule has 2 nitrogen and oxygen atoms in total. The molecule has 0 saturated carbocycles. The number of hydrogen-bond acceptors (Lipinski definition) is 2. The molecule has 0 unspecified atom stereocenters. The molecule has 0 rings (SSSR count). The van der Waals surface area contributed by atoms with E-state index in [4.69, 9.17) is 0 Å². The van der Waals surface area contributed by atoms with Gasteiger partial charge in [0.05, 0.1) is 0 Å². The molecule has 0 amide bonds. The second kappa shape index (κ2) is 44.5. The molecule has 150 valence electrons. The van der Waals surface area contributed by atoms with Gasteiger partial charge >= 0.3 is 0 Å². The van der Waals surface area contributed by atoms with Gasteiger partial charge in [-0.1, -0.05) is 70.2 Å². The van der Waals surface area contributed by atoms with E-state index >= 15 is 0 Å². The van der Waals surface area contributed by atoms with Crippen LogP contribution in [0.5, 0.6) is 0 Å². The van der Waals surface area contributed by atoms with Crippen molar-refractivity contribution < 1.29 is 65.4 Å². The van der Waals surface area contributed by atoms with Gasteiger partial charge in [0, 0.05) is 65.4 Å². The maximum Gasteiger partial charge on any atom is 0 e. The fourth-order valence-corrected chi connectivity index (χ4v) is 1.26. The van der Waals surface area contributed by atoms with Gasteiger partial charge in [0.25, 0.3) is 0 Å². The van der Waals surface area contributed by atoms with E-state index < -0.39 is 0 Å². The maximum atomic E-state index is 3.76. The third kappa shape index (κ3) is 39.3. The molecule has 0 spiro atoms. The molecule has 0 aliphatic rings. The van der Waals surface area contributed by atoms with Gasteiger partial charge in [0.15, 0.2) is 0 Å². The summed E-state index contributed by atoms with van der Waals surface area (Å²) in [4.78, 5) is 4.39. The van der Waals surface area contributed by atoms with Gasteiger partial charge < -0.3 is 37.5 Å². The first kappa shape index (κ1) is 50.2. The van der Waals surface area contributed by atoms with Gasteiger partial charge in [-0.2, -0.15) is 0 Å². The van der Waals surface area contributed by atoms with Crippen LogP contribution in [-0.4, -0.2) is 48.1 Å². The largest absolute Gasteiger partial charge is 0.360 e. The van der Waals surface area contributed by atoms with Crippen LogP contribution in [0.1, 0.15) is 70.2 Å². The zero-order valence-electron chi connectivity index (χ0n) is 16.9. The molecule has 0 aromatic carbocycles. The first-order chi connectivity index (χ1) is 9.44. The van der Waals surface area contributed by atoms with Crippen LogP contribution in [0.3, 0.4) is 0 Å². The second-order valence-corrected chi connectivity index (χ2v) is 4.26. The van der Waals surface area contributed by atoms with Gasteiger partial charge in [0.2, 0.25) is 0 Å². The minimum absolute atomic E-state index is 0. The van der Waals surface area contributed by atoms with Crippen molar-refractivity contribution >= 4 is 0 Å². The fourth-order valence-electron chi connectivity index (χ4n) is 1.26. The van der Waals surface area contributed by atoms with Crippen LogP contribution in [0.4, 0.5) is 0 Å². The van der Waals surface area contributed by atoms with Crippen molar-refractivity contribution in [3.05, 3.63) is 27.7 Å². The van der Waals surface area contributed by atoms with Gasteiger partial charge in [0.1, 0.15) is 0 Å². The minimum atomic E-state index is 0. The van der Waals surface area contributed by atoms with Crippen molar-refractivity contribution in [2.75, 3.05) is 26.2 Å². The van der Waals surface area contributed by atoms with Crippen molar-refractivity contribution in [3.63, 3.8) is 0 Å². The Hall–Kier alpha value is 2.13. The van der Waals surface area contributed by atoms with Gasteiger partial charge in [-0.25, -0.2) is 0 Å². The molecule has 0 fully saturated rings. The Labute approximate surface area is 209 Å². The predicted octanol–water partition coefficient (Wildman–Crippen LogP) is 6.05. The molecular formula is C20H50N2Y2-4. The first-order valence-corrected chi connectivity index (χ1v) is 8.09. The summed E-state index contributed by atoms with van der Waals surface area (Å²) in [5, 5.41) is 0. The fraction of sp³-hybridized carbons (Fsp3) is 0.800. The van der Waals surface area contributed by atoms with E-state index in [1.165, 1.54) is 0 Å². The Bertz CT molecular complexity index is 120. The van der Waals surface area contributed by atoms with Crippen molar-refractivity contribution in [3.8, 4) is 0 Å². The summed E-state index contributed by atoms with van der Waals surface area (Å²) in [5.41, 5.74) is 0. The monoisotopic (exact) mass is 496 g/mol. The summed E-state index contributed by atoms with van der Waals surface area (Å²) < 4.78 is 0. The van der Waals surface area contributed by atoms with Crippen LogP contribution in [0.25, 0.3) is 0 Å². The molecule has 0 bridgehead atoms. The first-order valence-electron chi connectivity index (χ1n) is 8.09. The summed E-state index contributed by atoms with van der Waals surface area (Å²) in [7, 11) is 0. The smallest absolute Gasteiger partial charge is 0 e. The molecule has 0 aliphatic heterocycles. The van der Waals surface area contributed by atoms with E-state index in [0.717, 1.165) is 26.2 Å². The molecule has 0 heterocycles. The molecule has 0 saturated heterocycles. The Morgan fingerprint density at radius 3 is 0.667 bits per heavy atom. The van der Waals surface area contributed by atoms with Crippen molar-refractivity contribution in [2.24, 2.45) is 0 Å². The zero-order chi connectivity index (χ0) is 17.1. The van der Waals surface area contributed by atoms with E-state index in [2.05, 4.69) is 65.2 Å². The topological polar surface area (TPSA) is 6.48 Å². The van der Waals surface area contributed by atoms with Crippen molar-refractivity contribution in [1.82, 2.24) is 9.80 Å². The van der Waals surface area contributed by atoms with E-state index in [-0.39, 0.29) is 80.3 Å². The molecule has 0 aromatic heterocycles. The van der Waals surface area contributed by atoms with E-state index in [0.29, 0.717) is 12.1 Å². The van der Waals surface area contributed by atoms with E-state index in [9.17, 15) is 0 Å². The standard InChI is InChI=1S/2C7H15N.2C2H6.2CH4.2Y/c2*1-5-8(6-2)7(3)4;2*1-2;;;;/h2*7H,1-2,5-6H2,3-4H3;2*1-2H3;2*1H4;;/q2*-2;;;;;;. The summed E-state index contributed by atoms with van der Waals surface area (Å²) in [6.07, 6.45) is 0. The third-order valence-corrected chi connectivity index (χ3v) is 2.61. The van der Waals surface area contributed by atoms with Gasteiger partial charge in [-0.05, 0) is 12.1 Å². The normalized spacial score (nSPS) is 8.00. The summed E-state index contributed by atoms with van der Waals surface area (Å²) in [5.74, 6) is 0. The number of nitrogens with zero attached hydrogens (tertiary/aromatic N) is 2. The quantitative estimate of drug-likeness (QED) is 0.413. The Morgan fingerprint density at radius 1 is 0.542 bits per heavy atom. The summed E-state index contributed by atoms with van der Waals surface area (Å²) in [6, 6.07) is 1.18. The molecule has 0 atom stereocenters. The minimum Gasteiger partial charge on any atom is -0.360 e. The van der Waals surface area contributed by atoms with Crippen LogP contribution >= 0.6 is 0 Å². The van der Waals surface area contributed by atoms with Crippen LogP contribution in [0.2, 0.25) is 0 Å². The van der Waals surface area contributed by atoms with E-state index in [1.807, 2.05) is 27.7 Å².